The molecule has 0 saturated carbocycles. The van der Waals surface area contributed by atoms with Crippen molar-refractivity contribution in [3.8, 4) is 0 Å². The van der Waals surface area contributed by atoms with Crippen molar-refractivity contribution in [1.29, 1.82) is 0 Å². The van der Waals surface area contributed by atoms with Crippen LogP contribution in [0.4, 0.5) is 5.69 Å². The van der Waals surface area contributed by atoms with Gasteiger partial charge in [0.1, 0.15) is 0 Å². The van der Waals surface area contributed by atoms with E-state index >= 15 is 0 Å². The summed E-state index contributed by atoms with van der Waals surface area (Å²) in [5.41, 5.74) is 3.08. The normalized spacial score (nSPS) is 12.0. The maximum Gasteiger partial charge on any atom is 0.308 e. The Balaban J connectivity index is 2.08. The zero-order valence-corrected chi connectivity index (χ0v) is 16.2. The maximum absolute atomic E-state index is 12.8. The molecule has 0 spiro atoms. The van der Waals surface area contributed by atoms with E-state index in [-0.39, 0.29) is 15.8 Å². The van der Waals surface area contributed by atoms with Gasteiger partial charge in [0.2, 0.25) is 0 Å². The van der Waals surface area contributed by atoms with Crippen LogP contribution in [0.1, 0.15) is 31.0 Å². The zero-order valence-electron chi connectivity index (χ0n) is 14.5. The molecule has 0 aliphatic rings. The van der Waals surface area contributed by atoms with E-state index in [0.29, 0.717) is 10.4 Å². The standard InChI is InChI=1S/C18H20N2O3S2/c1-11(2)20-15-9-8-14(10-16(15)24-18(20)21)25(22,23)19-17-12(3)6-5-7-13(17)4/h5-11,19H,1-4H3. The molecule has 1 heterocycles. The molecular weight excluding hydrogens is 356 g/mol. The van der Waals surface area contributed by atoms with E-state index in [0.717, 1.165) is 28.0 Å². The van der Waals surface area contributed by atoms with E-state index in [9.17, 15) is 13.2 Å². The van der Waals surface area contributed by atoms with Crippen molar-refractivity contribution < 1.29 is 8.42 Å². The number of rotatable bonds is 4. The molecule has 0 atom stereocenters. The van der Waals surface area contributed by atoms with Crippen molar-refractivity contribution in [3.05, 3.63) is 57.2 Å². The molecule has 7 heteroatoms. The van der Waals surface area contributed by atoms with Crippen LogP contribution in [0.5, 0.6) is 0 Å². The second-order valence-electron chi connectivity index (χ2n) is 6.33. The SMILES string of the molecule is Cc1cccc(C)c1NS(=O)(=O)c1ccc2c(c1)sc(=O)n2C(C)C. The second kappa shape index (κ2) is 6.31. The minimum Gasteiger partial charge on any atom is -0.296 e. The number of nitrogens with zero attached hydrogens (tertiary/aromatic N) is 1. The topological polar surface area (TPSA) is 68.2 Å². The Kier molecular flexibility index (Phi) is 4.47. The molecule has 0 amide bonds. The Morgan fingerprint density at radius 2 is 1.72 bits per heavy atom. The van der Waals surface area contributed by atoms with Gasteiger partial charge in [-0.15, -0.1) is 0 Å². The molecule has 0 unspecified atom stereocenters. The number of benzene rings is 2. The summed E-state index contributed by atoms with van der Waals surface area (Å²) in [6.45, 7) is 7.59. The summed E-state index contributed by atoms with van der Waals surface area (Å²) in [6.07, 6.45) is 0. The van der Waals surface area contributed by atoms with Crippen LogP contribution in [-0.4, -0.2) is 13.0 Å². The van der Waals surface area contributed by atoms with E-state index in [1.54, 1.807) is 22.8 Å². The molecule has 0 bridgehead atoms. The van der Waals surface area contributed by atoms with Crippen LogP contribution in [0.25, 0.3) is 10.2 Å². The minimum absolute atomic E-state index is 0.0245. The molecular formula is C18H20N2O3S2. The molecule has 0 radical (unpaired) electrons. The minimum atomic E-state index is -3.73. The number of aryl methyl sites for hydroxylation is 2. The third kappa shape index (κ3) is 3.21. The second-order valence-corrected chi connectivity index (χ2v) is 9.01. The van der Waals surface area contributed by atoms with E-state index < -0.39 is 10.0 Å². The third-order valence-electron chi connectivity index (χ3n) is 4.13. The van der Waals surface area contributed by atoms with E-state index in [2.05, 4.69) is 4.72 Å². The molecule has 5 nitrogen and oxygen atoms in total. The summed E-state index contributed by atoms with van der Waals surface area (Å²) in [4.78, 5) is 12.2. The Bertz CT molecular complexity index is 1090. The van der Waals surface area contributed by atoms with Gasteiger partial charge in [0.05, 0.1) is 20.8 Å². The van der Waals surface area contributed by atoms with Gasteiger partial charge in [-0.3, -0.25) is 14.1 Å². The van der Waals surface area contributed by atoms with Gasteiger partial charge in [0, 0.05) is 6.04 Å². The number of anilines is 1. The first-order chi connectivity index (χ1) is 11.7. The number of nitrogens with one attached hydrogen (secondary N) is 1. The average Bonchev–Trinajstić information content (AvgIpc) is 2.86. The highest BCUT2D eigenvalue weighted by atomic mass is 32.2. The lowest BCUT2D eigenvalue weighted by Crippen LogP contribution is -2.15. The molecule has 0 aliphatic heterocycles. The van der Waals surface area contributed by atoms with Crippen LogP contribution < -0.4 is 9.60 Å². The van der Waals surface area contributed by atoms with Gasteiger partial charge < -0.3 is 0 Å². The van der Waals surface area contributed by atoms with Gasteiger partial charge >= 0.3 is 4.87 Å². The van der Waals surface area contributed by atoms with Gasteiger partial charge in [-0.1, -0.05) is 29.5 Å². The van der Waals surface area contributed by atoms with Crippen LogP contribution in [0.2, 0.25) is 0 Å². The van der Waals surface area contributed by atoms with Crippen LogP contribution in [0, 0.1) is 13.8 Å². The van der Waals surface area contributed by atoms with Crippen LogP contribution in [0.15, 0.2) is 46.1 Å². The predicted molar refractivity (Wildman–Crippen MR) is 103 cm³/mol. The number of aromatic nitrogens is 1. The summed E-state index contributed by atoms with van der Waals surface area (Å²) in [5, 5.41) is 0. The highest BCUT2D eigenvalue weighted by Gasteiger charge is 2.19. The zero-order chi connectivity index (χ0) is 18.4. The molecule has 2 aromatic carbocycles. The quantitative estimate of drug-likeness (QED) is 0.746. The lowest BCUT2D eigenvalue weighted by molar-refractivity contribution is 0.601. The summed E-state index contributed by atoms with van der Waals surface area (Å²) in [5.74, 6) is 0. The molecule has 0 aliphatic carbocycles. The van der Waals surface area contributed by atoms with E-state index in [1.165, 1.54) is 0 Å². The number of hydrogen-bond donors (Lipinski definition) is 1. The monoisotopic (exact) mass is 376 g/mol. The molecule has 132 valence electrons. The molecule has 3 rings (SSSR count). The summed E-state index contributed by atoms with van der Waals surface area (Å²) in [7, 11) is -3.73. The Morgan fingerprint density at radius 3 is 2.32 bits per heavy atom. The molecule has 1 aromatic heterocycles. The van der Waals surface area contributed by atoms with Crippen molar-refractivity contribution in [1.82, 2.24) is 4.57 Å². The van der Waals surface area contributed by atoms with Gasteiger partial charge in [-0.2, -0.15) is 0 Å². The van der Waals surface area contributed by atoms with Gasteiger partial charge in [-0.05, 0) is 57.0 Å². The van der Waals surface area contributed by atoms with Crippen molar-refractivity contribution in [2.45, 2.75) is 38.6 Å². The maximum atomic E-state index is 12.8. The Morgan fingerprint density at radius 1 is 1.08 bits per heavy atom. The predicted octanol–water partition coefficient (Wildman–Crippen LogP) is 4.06. The van der Waals surface area contributed by atoms with Gasteiger partial charge in [0.25, 0.3) is 10.0 Å². The number of thiazole rings is 1. The van der Waals surface area contributed by atoms with Crippen molar-refractivity contribution >= 4 is 37.3 Å². The summed E-state index contributed by atoms with van der Waals surface area (Å²) in [6, 6.07) is 10.5. The number of para-hydroxylation sites is 1. The highest BCUT2D eigenvalue weighted by Crippen LogP contribution is 2.27. The lowest BCUT2D eigenvalue weighted by Gasteiger charge is -2.13. The lowest BCUT2D eigenvalue weighted by atomic mass is 10.1. The average molecular weight is 377 g/mol. The van der Waals surface area contributed by atoms with Gasteiger partial charge in [0.15, 0.2) is 0 Å². The first-order valence-corrected chi connectivity index (χ1v) is 10.2. The Labute approximate surface area is 151 Å². The van der Waals surface area contributed by atoms with Crippen molar-refractivity contribution in [3.63, 3.8) is 0 Å². The molecule has 3 aromatic rings. The largest absolute Gasteiger partial charge is 0.308 e. The molecule has 0 saturated heterocycles. The van der Waals surface area contributed by atoms with Crippen molar-refractivity contribution in [2.75, 3.05) is 4.72 Å². The first-order valence-electron chi connectivity index (χ1n) is 7.95. The molecule has 25 heavy (non-hydrogen) atoms. The summed E-state index contributed by atoms with van der Waals surface area (Å²) >= 11 is 1.07. The number of fused-ring (bicyclic) bond motifs is 1. The smallest absolute Gasteiger partial charge is 0.296 e. The molecule has 1 N–H and O–H groups in total. The number of sulfonamides is 1. The van der Waals surface area contributed by atoms with Crippen molar-refractivity contribution in [2.24, 2.45) is 0 Å². The van der Waals surface area contributed by atoms with E-state index in [4.69, 9.17) is 0 Å². The van der Waals surface area contributed by atoms with Gasteiger partial charge in [-0.25, -0.2) is 8.42 Å². The van der Waals surface area contributed by atoms with Crippen LogP contribution in [0.3, 0.4) is 0 Å². The Hall–Kier alpha value is -2.12. The summed E-state index contributed by atoms with van der Waals surface area (Å²) < 4.78 is 30.6. The van der Waals surface area contributed by atoms with E-state index in [1.807, 2.05) is 45.9 Å². The third-order valence-corrected chi connectivity index (χ3v) is 6.39. The fraction of sp³-hybridized carbons (Fsp3) is 0.278. The highest BCUT2D eigenvalue weighted by molar-refractivity contribution is 7.92. The first kappa shape index (κ1) is 17.7. The fourth-order valence-corrected chi connectivity index (χ4v) is 5.20. The van der Waals surface area contributed by atoms with Crippen LogP contribution >= 0.6 is 11.3 Å². The fourth-order valence-electron chi connectivity index (χ4n) is 2.84. The van der Waals surface area contributed by atoms with Crippen LogP contribution in [-0.2, 0) is 10.0 Å². The number of hydrogen-bond acceptors (Lipinski definition) is 4. The molecule has 0 fully saturated rings.